The lowest BCUT2D eigenvalue weighted by Crippen LogP contribution is -1.89. The second kappa shape index (κ2) is 5.20. The Labute approximate surface area is 115 Å². The Morgan fingerprint density at radius 2 is 1.95 bits per heavy atom. The molecule has 0 spiro atoms. The van der Waals surface area contributed by atoms with Gasteiger partial charge in [0.25, 0.3) is 0 Å². The zero-order chi connectivity index (χ0) is 13.1. The number of hydrogen-bond donors (Lipinski definition) is 1. The van der Waals surface area contributed by atoms with Gasteiger partial charge in [-0.1, -0.05) is 53.8 Å². The first-order valence-corrected chi connectivity index (χ1v) is 6.85. The molecule has 1 heterocycles. The van der Waals surface area contributed by atoms with Gasteiger partial charge >= 0.3 is 0 Å². The van der Waals surface area contributed by atoms with Crippen molar-refractivity contribution in [1.82, 2.24) is 4.98 Å². The van der Waals surface area contributed by atoms with Crippen molar-refractivity contribution >= 4 is 32.9 Å². The standard InChI is InChI=1S/C15H13N3S/c1-11-6-5-9-13-14(11)19-15(17-13)18-16-10-12-7-3-2-4-8-12/h2-10H,1H3,(H,17,18)/b16-10+. The highest BCUT2D eigenvalue weighted by molar-refractivity contribution is 7.22. The number of nitrogens with one attached hydrogen (secondary N) is 1. The van der Waals surface area contributed by atoms with E-state index in [9.17, 15) is 0 Å². The molecule has 0 unspecified atom stereocenters. The topological polar surface area (TPSA) is 37.3 Å². The smallest absolute Gasteiger partial charge is 0.204 e. The van der Waals surface area contributed by atoms with Crippen LogP contribution < -0.4 is 5.43 Å². The summed E-state index contributed by atoms with van der Waals surface area (Å²) in [6.45, 7) is 2.09. The Morgan fingerprint density at radius 1 is 1.11 bits per heavy atom. The van der Waals surface area contributed by atoms with E-state index in [1.807, 2.05) is 42.5 Å². The molecular formula is C15H13N3S. The zero-order valence-corrected chi connectivity index (χ0v) is 11.3. The lowest BCUT2D eigenvalue weighted by Gasteiger charge is -1.93. The Morgan fingerprint density at radius 3 is 2.74 bits per heavy atom. The number of anilines is 1. The summed E-state index contributed by atoms with van der Waals surface area (Å²) in [5.74, 6) is 0. The van der Waals surface area contributed by atoms with Crippen molar-refractivity contribution in [2.45, 2.75) is 6.92 Å². The molecule has 1 N–H and O–H groups in total. The number of nitrogens with zero attached hydrogens (tertiary/aromatic N) is 2. The number of hydrazone groups is 1. The van der Waals surface area contributed by atoms with Crippen LogP contribution in [0.4, 0.5) is 5.13 Å². The van der Waals surface area contributed by atoms with Gasteiger partial charge in [0.2, 0.25) is 5.13 Å². The van der Waals surface area contributed by atoms with E-state index in [1.165, 1.54) is 10.3 Å². The summed E-state index contributed by atoms with van der Waals surface area (Å²) >= 11 is 1.62. The van der Waals surface area contributed by atoms with Crippen molar-refractivity contribution < 1.29 is 0 Å². The predicted octanol–water partition coefficient (Wildman–Crippen LogP) is 4.05. The molecule has 19 heavy (non-hydrogen) atoms. The molecule has 2 aromatic carbocycles. The maximum atomic E-state index is 4.50. The first-order valence-electron chi connectivity index (χ1n) is 6.03. The molecule has 0 saturated heterocycles. The molecule has 0 amide bonds. The highest BCUT2D eigenvalue weighted by atomic mass is 32.1. The van der Waals surface area contributed by atoms with Gasteiger partial charge in [-0.25, -0.2) is 4.98 Å². The van der Waals surface area contributed by atoms with Gasteiger partial charge < -0.3 is 0 Å². The van der Waals surface area contributed by atoms with Crippen molar-refractivity contribution in [2.75, 3.05) is 5.43 Å². The fraction of sp³-hybridized carbons (Fsp3) is 0.0667. The SMILES string of the molecule is Cc1cccc2nc(N/N=C/c3ccccc3)sc12. The summed E-state index contributed by atoms with van der Waals surface area (Å²) in [4.78, 5) is 4.50. The molecule has 0 aliphatic heterocycles. The van der Waals surface area contributed by atoms with E-state index in [4.69, 9.17) is 0 Å². The molecule has 0 saturated carbocycles. The summed E-state index contributed by atoms with van der Waals surface area (Å²) in [5.41, 5.74) is 6.31. The van der Waals surface area contributed by atoms with E-state index in [1.54, 1.807) is 17.6 Å². The van der Waals surface area contributed by atoms with Crippen LogP contribution in [0.15, 0.2) is 53.6 Å². The van der Waals surface area contributed by atoms with Gasteiger partial charge in [-0.05, 0) is 24.1 Å². The Kier molecular flexibility index (Phi) is 3.25. The molecule has 94 valence electrons. The molecule has 0 aliphatic carbocycles. The van der Waals surface area contributed by atoms with Gasteiger partial charge in [0.15, 0.2) is 0 Å². The van der Waals surface area contributed by atoms with Gasteiger partial charge in [-0.3, -0.25) is 5.43 Å². The highest BCUT2D eigenvalue weighted by Gasteiger charge is 2.04. The fourth-order valence-electron chi connectivity index (χ4n) is 1.84. The van der Waals surface area contributed by atoms with Crippen LogP contribution in [0.2, 0.25) is 0 Å². The molecule has 0 fully saturated rings. The van der Waals surface area contributed by atoms with Crippen molar-refractivity contribution in [3.05, 3.63) is 59.7 Å². The minimum atomic E-state index is 0.816. The summed E-state index contributed by atoms with van der Waals surface area (Å²) in [5, 5.41) is 5.03. The number of fused-ring (bicyclic) bond motifs is 1. The van der Waals surface area contributed by atoms with Gasteiger partial charge in [0.1, 0.15) is 0 Å². The molecule has 4 heteroatoms. The van der Waals surface area contributed by atoms with Crippen LogP contribution >= 0.6 is 11.3 Å². The van der Waals surface area contributed by atoms with E-state index < -0.39 is 0 Å². The molecular weight excluding hydrogens is 254 g/mol. The van der Waals surface area contributed by atoms with Crippen molar-refractivity contribution in [2.24, 2.45) is 5.10 Å². The van der Waals surface area contributed by atoms with Crippen LogP contribution in [0.3, 0.4) is 0 Å². The van der Waals surface area contributed by atoms with Crippen molar-refractivity contribution in [3.8, 4) is 0 Å². The number of rotatable bonds is 3. The zero-order valence-electron chi connectivity index (χ0n) is 10.5. The average Bonchev–Trinajstić information content (AvgIpc) is 2.84. The molecule has 3 rings (SSSR count). The molecule has 0 atom stereocenters. The normalized spacial score (nSPS) is 11.2. The summed E-state index contributed by atoms with van der Waals surface area (Å²) in [7, 11) is 0. The third kappa shape index (κ3) is 2.63. The number of benzene rings is 2. The van der Waals surface area contributed by atoms with Crippen LogP contribution in [0.25, 0.3) is 10.2 Å². The lowest BCUT2D eigenvalue weighted by molar-refractivity contribution is 1.31. The van der Waals surface area contributed by atoms with Crippen molar-refractivity contribution in [1.29, 1.82) is 0 Å². The molecule has 0 radical (unpaired) electrons. The van der Waals surface area contributed by atoms with Crippen LogP contribution in [-0.4, -0.2) is 11.2 Å². The number of thiazole rings is 1. The minimum absolute atomic E-state index is 0.816. The Hall–Kier alpha value is -2.20. The van der Waals surface area contributed by atoms with Gasteiger partial charge in [0.05, 0.1) is 16.4 Å². The molecule has 3 aromatic rings. The maximum Gasteiger partial charge on any atom is 0.204 e. The molecule has 1 aromatic heterocycles. The minimum Gasteiger partial charge on any atom is -0.253 e. The van der Waals surface area contributed by atoms with Crippen LogP contribution in [0.5, 0.6) is 0 Å². The summed E-state index contributed by atoms with van der Waals surface area (Å²) in [6.07, 6.45) is 1.79. The quantitative estimate of drug-likeness (QED) is 0.574. The number of hydrogen-bond acceptors (Lipinski definition) is 4. The first kappa shape index (κ1) is 11.9. The number of aryl methyl sites for hydroxylation is 1. The number of aromatic nitrogens is 1. The summed E-state index contributed by atoms with van der Waals surface area (Å²) < 4.78 is 1.21. The fourth-order valence-corrected chi connectivity index (χ4v) is 2.72. The second-order valence-electron chi connectivity index (χ2n) is 4.22. The molecule has 0 aliphatic rings. The lowest BCUT2D eigenvalue weighted by atomic mass is 10.2. The monoisotopic (exact) mass is 267 g/mol. The van der Waals surface area contributed by atoms with E-state index in [-0.39, 0.29) is 0 Å². The second-order valence-corrected chi connectivity index (χ2v) is 5.22. The third-order valence-corrected chi connectivity index (χ3v) is 3.90. The van der Waals surface area contributed by atoms with E-state index in [0.29, 0.717) is 0 Å². The molecule has 0 bridgehead atoms. The highest BCUT2D eigenvalue weighted by Crippen LogP contribution is 2.28. The van der Waals surface area contributed by atoms with Crippen LogP contribution in [-0.2, 0) is 0 Å². The Balaban J connectivity index is 1.79. The van der Waals surface area contributed by atoms with E-state index in [0.717, 1.165) is 16.2 Å². The van der Waals surface area contributed by atoms with Crippen molar-refractivity contribution in [3.63, 3.8) is 0 Å². The van der Waals surface area contributed by atoms with E-state index >= 15 is 0 Å². The summed E-state index contributed by atoms with van der Waals surface area (Å²) in [6, 6.07) is 16.1. The van der Waals surface area contributed by atoms with Gasteiger partial charge in [-0.15, -0.1) is 0 Å². The van der Waals surface area contributed by atoms with E-state index in [2.05, 4.69) is 28.5 Å². The average molecular weight is 267 g/mol. The van der Waals surface area contributed by atoms with Crippen LogP contribution in [0.1, 0.15) is 11.1 Å². The Bertz CT molecular complexity index is 717. The molecule has 3 nitrogen and oxygen atoms in total. The predicted molar refractivity (Wildman–Crippen MR) is 82.0 cm³/mol. The van der Waals surface area contributed by atoms with Crippen LogP contribution in [0, 0.1) is 6.92 Å². The first-order chi connectivity index (χ1) is 9.33. The third-order valence-electron chi connectivity index (χ3n) is 2.79. The maximum absolute atomic E-state index is 4.50. The van der Waals surface area contributed by atoms with Gasteiger partial charge in [-0.2, -0.15) is 5.10 Å². The van der Waals surface area contributed by atoms with Gasteiger partial charge in [0, 0.05) is 0 Å². The largest absolute Gasteiger partial charge is 0.253 e.